The number of carbonyl (C=O) groups excluding carboxylic acids is 1. The largest absolute Gasteiger partial charge is 0.481 e. The molecule has 0 radical (unpaired) electrons. The van der Waals surface area contributed by atoms with E-state index in [1.807, 2.05) is 25.1 Å². The number of rotatable bonds is 5. The van der Waals surface area contributed by atoms with Crippen molar-refractivity contribution in [3.05, 3.63) is 34.9 Å². The smallest absolute Gasteiger partial charge is 0.306 e. The lowest BCUT2D eigenvalue weighted by molar-refractivity contribution is -0.141. The van der Waals surface area contributed by atoms with E-state index < -0.39 is 5.97 Å². The third-order valence-corrected chi connectivity index (χ3v) is 4.32. The Labute approximate surface area is 129 Å². The zero-order chi connectivity index (χ0) is 15.4. The third kappa shape index (κ3) is 3.97. The molecule has 0 aliphatic heterocycles. The van der Waals surface area contributed by atoms with Crippen LogP contribution in [0.5, 0.6) is 0 Å². The van der Waals surface area contributed by atoms with Gasteiger partial charge in [-0.1, -0.05) is 23.7 Å². The van der Waals surface area contributed by atoms with Gasteiger partial charge in [-0.15, -0.1) is 0 Å². The van der Waals surface area contributed by atoms with Crippen LogP contribution < -0.4 is 0 Å². The molecule has 1 aromatic carbocycles. The Hall–Kier alpha value is -1.55. The predicted octanol–water partition coefficient (Wildman–Crippen LogP) is 3.19. The van der Waals surface area contributed by atoms with E-state index >= 15 is 0 Å². The first-order chi connectivity index (χ1) is 10.0. The summed E-state index contributed by atoms with van der Waals surface area (Å²) in [7, 11) is 0. The van der Waals surface area contributed by atoms with E-state index in [1.165, 1.54) is 0 Å². The molecule has 21 heavy (non-hydrogen) atoms. The van der Waals surface area contributed by atoms with Crippen molar-refractivity contribution in [1.29, 1.82) is 0 Å². The summed E-state index contributed by atoms with van der Waals surface area (Å²) in [5.41, 5.74) is 0.991. The van der Waals surface area contributed by atoms with Crippen LogP contribution in [0.4, 0.5) is 0 Å². The van der Waals surface area contributed by atoms with Crippen LogP contribution in [-0.2, 0) is 16.1 Å². The van der Waals surface area contributed by atoms with E-state index in [-0.39, 0.29) is 17.7 Å². The van der Waals surface area contributed by atoms with Gasteiger partial charge in [-0.2, -0.15) is 0 Å². The molecule has 2 unspecified atom stereocenters. The number of carboxylic acid groups (broad SMARTS) is 1. The van der Waals surface area contributed by atoms with Gasteiger partial charge in [0, 0.05) is 24.0 Å². The van der Waals surface area contributed by atoms with Crippen LogP contribution in [0.25, 0.3) is 0 Å². The predicted molar refractivity (Wildman–Crippen MR) is 81.0 cm³/mol. The minimum Gasteiger partial charge on any atom is -0.481 e. The molecule has 4 nitrogen and oxygen atoms in total. The van der Waals surface area contributed by atoms with Crippen molar-refractivity contribution < 1.29 is 14.7 Å². The Balaban J connectivity index is 2.01. The third-order valence-electron chi connectivity index (χ3n) is 4.09. The standard InChI is InChI=1S/C16H20ClNO3/c1-2-18(10-11-4-3-5-14(17)8-11)15(19)12-6-7-13(9-12)16(20)21/h3-5,8,12-13H,2,6-7,9-10H2,1H3,(H,20,21). The molecule has 1 aliphatic carbocycles. The molecule has 2 atom stereocenters. The number of hydrogen-bond donors (Lipinski definition) is 1. The highest BCUT2D eigenvalue weighted by Gasteiger charge is 2.35. The Morgan fingerprint density at radius 1 is 1.33 bits per heavy atom. The number of nitrogens with zero attached hydrogens (tertiary/aromatic N) is 1. The number of halogens is 1. The van der Waals surface area contributed by atoms with Crippen molar-refractivity contribution in [1.82, 2.24) is 4.90 Å². The number of amides is 1. The fourth-order valence-electron chi connectivity index (χ4n) is 2.89. The van der Waals surface area contributed by atoms with Gasteiger partial charge in [0.25, 0.3) is 0 Å². The van der Waals surface area contributed by atoms with Crippen LogP contribution in [-0.4, -0.2) is 28.4 Å². The van der Waals surface area contributed by atoms with Gasteiger partial charge in [0.2, 0.25) is 5.91 Å². The van der Waals surface area contributed by atoms with E-state index in [0.29, 0.717) is 37.4 Å². The maximum absolute atomic E-state index is 12.5. The highest BCUT2D eigenvalue weighted by molar-refractivity contribution is 6.30. The van der Waals surface area contributed by atoms with E-state index in [2.05, 4.69) is 0 Å². The second-order valence-electron chi connectivity index (χ2n) is 5.53. The molecular weight excluding hydrogens is 290 g/mol. The molecule has 0 spiro atoms. The molecule has 0 bridgehead atoms. The van der Waals surface area contributed by atoms with Crippen molar-refractivity contribution in [2.45, 2.75) is 32.7 Å². The second kappa shape index (κ2) is 6.94. The lowest BCUT2D eigenvalue weighted by Gasteiger charge is -2.24. The molecule has 1 saturated carbocycles. The summed E-state index contributed by atoms with van der Waals surface area (Å²) in [5.74, 6) is -1.27. The van der Waals surface area contributed by atoms with E-state index in [0.717, 1.165) is 5.56 Å². The summed E-state index contributed by atoms with van der Waals surface area (Å²) >= 11 is 5.96. The van der Waals surface area contributed by atoms with Gasteiger partial charge in [-0.3, -0.25) is 9.59 Å². The molecule has 1 aliphatic rings. The van der Waals surface area contributed by atoms with Crippen LogP contribution in [0, 0.1) is 11.8 Å². The molecule has 1 fully saturated rings. The van der Waals surface area contributed by atoms with Crippen molar-refractivity contribution in [2.75, 3.05) is 6.54 Å². The molecule has 0 aromatic heterocycles. The highest BCUT2D eigenvalue weighted by Crippen LogP contribution is 2.32. The fraction of sp³-hybridized carbons (Fsp3) is 0.500. The summed E-state index contributed by atoms with van der Waals surface area (Å²) in [4.78, 5) is 25.3. The average molecular weight is 310 g/mol. The van der Waals surface area contributed by atoms with Gasteiger partial charge in [0.1, 0.15) is 0 Å². The number of carbonyl (C=O) groups is 2. The summed E-state index contributed by atoms with van der Waals surface area (Å²) in [6.45, 7) is 3.07. The number of hydrogen-bond acceptors (Lipinski definition) is 2. The molecule has 0 saturated heterocycles. The Bertz CT molecular complexity index is 532. The second-order valence-corrected chi connectivity index (χ2v) is 5.96. The first-order valence-electron chi connectivity index (χ1n) is 7.27. The van der Waals surface area contributed by atoms with Crippen LogP contribution in [0.2, 0.25) is 5.02 Å². The van der Waals surface area contributed by atoms with E-state index in [9.17, 15) is 9.59 Å². The number of aliphatic carboxylic acids is 1. The number of benzene rings is 1. The summed E-state index contributed by atoms with van der Waals surface area (Å²) < 4.78 is 0. The van der Waals surface area contributed by atoms with Gasteiger partial charge < -0.3 is 10.0 Å². The van der Waals surface area contributed by atoms with Crippen LogP contribution in [0.15, 0.2) is 24.3 Å². The van der Waals surface area contributed by atoms with Gasteiger partial charge in [-0.05, 0) is 43.9 Å². The fourth-order valence-corrected chi connectivity index (χ4v) is 3.10. The van der Waals surface area contributed by atoms with Crippen LogP contribution in [0.1, 0.15) is 31.7 Å². The zero-order valence-corrected chi connectivity index (χ0v) is 12.8. The molecule has 0 heterocycles. The molecule has 114 valence electrons. The van der Waals surface area contributed by atoms with Gasteiger partial charge in [-0.25, -0.2) is 0 Å². The Morgan fingerprint density at radius 3 is 2.62 bits per heavy atom. The quantitative estimate of drug-likeness (QED) is 0.908. The zero-order valence-electron chi connectivity index (χ0n) is 12.1. The first-order valence-corrected chi connectivity index (χ1v) is 7.65. The van der Waals surface area contributed by atoms with E-state index in [4.69, 9.17) is 16.7 Å². The van der Waals surface area contributed by atoms with Crippen molar-refractivity contribution >= 4 is 23.5 Å². The lowest BCUT2D eigenvalue weighted by Crippen LogP contribution is -2.35. The van der Waals surface area contributed by atoms with Crippen molar-refractivity contribution in [3.63, 3.8) is 0 Å². The van der Waals surface area contributed by atoms with Crippen molar-refractivity contribution in [3.8, 4) is 0 Å². The molecule has 5 heteroatoms. The Morgan fingerprint density at radius 2 is 2.05 bits per heavy atom. The van der Waals surface area contributed by atoms with Gasteiger partial charge in [0.15, 0.2) is 0 Å². The Kier molecular flexibility index (Phi) is 5.23. The van der Waals surface area contributed by atoms with E-state index in [1.54, 1.807) is 11.0 Å². The monoisotopic (exact) mass is 309 g/mol. The number of carboxylic acids is 1. The maximum Gasteiger partial charge on any atom is 0.306 e. The van der Waals surface area contributed by atoms with Gasteiger partial charge in [0.05, 0.1) is 5.92 Å². The SMILES string of the molecule is CCN(Cc1cccc(Cl)c1)C(=O)C1CCC(C(=O)O)C1. The molecule has 1 N–H and O–H groups in total. The minimum absolute atomic E-state index is 0.0567. The normalized spacial score (nSPS) is 21.2. The summed E-state index contributed by atoms with van der Waals surface area (Å²) in [6, 6.07) is 7.46. The minimum atomic E-state index is -0.789. The van der Waals surface area contributed by atoms with Gasteiger partial charge >= 0.3 is 5.97 Å². The maximum atomic E-state index is 12.5. The summed E-state index contributed by atoms with van der Waals surface area (Å²) in [6.07, 6.45) is 1.72. The first kappa shape index (κ1) is 15.8. The average Bonchev–Trinajstić information content (AvgIpc) is 2.94. The van der Waals surface area contributed by atoms with Crippen LogP contribution in [0.3, 0.4) is 0 Å². The summed E-state index contributed by atoms with van der Waals surface area (Å²) in [5, 5.41) is 9.69. The highest BCUT2D eigenvalue weighted by atomic mass is 35.5. The van der Waals surface area contributed by atoms with Crippen LogP contribution >= 0.6 is 11.6 Å². The molecule has 2 rings (SSSR count). The topological polar surface area (TPSA) is 57.6 Å². The molecular formula is C16H20ClNO3. The lowest BCUT2D eigenvalue weighted by atomic mass is 10.0. The molecule has 1 aromatic rings. The molecule has 1 amide bonds. The van der Waals surface area contributed by atoms with Crippen molar-refractivity contribution in [2.24, 2.45) is 11.8 Å².